The van der Waals surface area contributed by atoms with Crippen molar-refractivity contribution >= 4 is 64.0 Å². The first-order chi connectivity index (χ1) is 25.9. The smallest absolute Gasteiger partial charge is 0.246 e. The van der Waals surface area contributed by atoms with Crippen molar-refractivity contribution in [2.24, 2.45) is 0 Å². The molecule has 0 spiro atoms. The Morgan fingerprint density at radius 2 is 1.49 bits per heavy atom. The van der Waals surface area contributed by atoms with Gasteiger partial charge in [-0.2, -0.15) is 0 Å². The van der Waals surface area contributed by atoms with Crippen molar-refractivity contribution in [2.45, 2.75) is 112 Å². The Balaban J connectivity index is 1.69. The summed E-state index contributed by atoms with van der Waals surface area (Å²) in [6.45, 7) is 4.02. The lowest BCUT2D eigenvalue weighted by Gasteiger charge is -2.31. The zero-order chi connectivity index (χ0) is 40.4. The van der Waals surface area contributed by atoms with E-state index in [1.165, 1.54) is 27.7 Å². The average molecular weight is 789 g/mol. The third-order valence-electron chi connectivity index (χ3n) is 9.87. The van der Waals surface area contributed by atoms with Gasteiger partial charge in [-0.15, -0.1) is 11.8 Å². The van der Waals surface area contributed by atoms with Gasteiger partial charge in [-0.3, -0.25) is 33.6 Å². The van der Waals surface area contributed by atoms with Crippen molar-refractivity contribution in [1.29, 1.82) is 0 Å². The maximum Gasteiger partial charge on any atom is 0.246 e. The summed E-state index contributed by atoms with van der Waals surface area (Å²) in [7, 11) is 0. The molecule has 0 unspecified atom stereocenters. The number of amides is 7. The van der Waals surface area contributed by atoms with Gasteiger partial charge in [0.15, 0.2) is 0 Å². The summed E-state index contributed by atoms with van der Waals surface area (Å²) in [5.41, 5.74) is -0.741. The first kappa shape index (κ1) is 41.4. The number of aromatic nitrogens is 1. The van der Waals surface area contributed by atoms with Gasteiger partial charge < -0.3 is 62.2 Å². The van der Waals surface area contributed by atoms with Crippen LogP contribution in [0.3, 0.4) is 0 Å². The highest BCUT2D eigenvalue weighted by Gasteiger charge is 2.44. The molecule has 10 atom stereocenters. The second kappa shape index (κ2) is 16.9. The molecule has 7 amide bonds. The highest BCUT2D eigenvalue weighted by molar-refractivity contribution is 7.99. The van der Waals surface area contributed by atoms with Crippen molar-refractivity contribution in [1.82, 2.24) is 41.8 Å². The summed E-state index contributed by atoms with van der Waals surface area (Å²) in [6, 6.07) is -2.86. The maximum absolute atomic E-state index is 14.3. The summed E-state index contributed by atoms with van der Waals surface area (Å²) < 4.78 is 0. The zero-order valence-corrected chi connectivity index (χ0v) is 31.6. The molecule has 1 aromatic heterocycles. The van der Waals surface area contributed by atoms with Gasteiger partial charge >= 0.3 is 0 Å². The van der Waals surface area contributed by atoms with Crippen molar-refractivity contribution in [3.05, 3.63) is 29.8 Å². The second-order valence-electron chi connectivity index (χ2n) is 14.6. The lowest BCUT2D eigenvalue weighted by molar-refractivity contribution is -0.142. The molecular formula is C35H48N8O11S. The van der Waals surface area contributed by atoms with E-state index in [9.17, 15) is 54.0 Å². The molecule has 11 N–H and O–H groups in total. The van der Waals surface area contributed by atoms with Crippen LogP contribution in [-0.2, 0) is 40.0 Å². The number of fused-ring (bicyclic) bond motifs is 5. The minimum Gasteiger partial charge on any atom is -0.393 e. The van der Waals surface area contributed by atoms with Crippen LogP contribution in [0, 0.1) is 0 Å². The molecule has 4 heterocycles. The minimum atomic E-state index is -1.90. The molecule has 300 valence electrons. The predicted molar refractivity (Wildman–Crippen MR) is 196 cm³/mol. The quantitative estimate of drug-likeness (QED) is 0.143. The molecule has 3 aliphatic heterocycles. The molecule has 0 radical (unpaired) electrons. The van der Waals surface area contributed by atoms with Crippen molar-refractivity contribution < 1.29 is 54.0 Å². The highest BCUT2D eigenvalue weighted by Crippen LogP contribution is 2.32. The fourth-order valence-corrected chi connectivity index (χ4v) is 7.85. The molecule has 3 aliphatic rings. The summed E-state index contributed by atoms with van der Waals surface area (Å²) >= 11 is 1.08. The highest BCUT2D eigenvalue weighted by atomic mass is 32.2. The van der Waals surface area contributed by atoms with Crippen LogP contribution < -0.4 is 31.9 Å². The van der Waals surface area contributed by atoms with E-state index in [0.717, 1.165) is 16.7 Å². The number of aliphatic hydroxyl groups excluding tert-OH is 3. The molecule has 19 nitrogen and oxygen atoms in total. The van der Waals surface area contributed by atoms with E-state index in [-0.39, 0.29) is 25.1 Å². The van der Waals surface area contributed by atoms with Gasteiger partial charge in [0, 0.05) is 42.5 Å². The number of hydrogen-bond donors (Lipinski definition) is 11. The Hall–Kier alpha value is -4.76. The standard InChI is InChI=1S/C35H48N8O11S/c1-15-27(47)38-22-10-20-19-7-5-6-8-21(19)41-33(20)55-13-24(34(53)43-12-18(46)9-25(43)31(51)37-15)40-32(52)26(17(3)45)42-28(48)16(2)36-30(50)23(39-29(22)49)11-35(4,54)14-44/h5-8,15-18,22-26,41,44-46,54H,9-14H2,1-4H3,(H,36,50)(H,37,51)(H,38,47)(H,39,49)(H,40,52)(H,42,48)/t15-,16+,17-,18+,22+,23+,24+,25+,26-,35-/m0/s1. The van der Waals surface area contributed by atoms with Crippen LogP contribution >= 0.6 is 11.8 Å². The molecule has 1 saturated heterocycles. The molecule has 1 fully saturated rings. The lowest BCUT2D eigenvalue weighted by atomic mass is 9.96. The van der Waals surface area contributed by atoms with E-state index >= 15 is 0 Å². The van der Waals surface area contributed by atoms with Crippen LogP contribution in [0.25, 0.3) is 10.9 Å². The number of aromatic amines is 1. The van der Waals surface area contributed by atoms with Crippen LogP contribution in [0.2, 0.25) is 0 Å². The second-order valence-corrected chi connectivity index (χ2v) is 15.6. The monoisotopic (exact) mass is 788 g/mol. The number of para-hydroxylation sites is 1. The van der Waals surface area contributed by atoms with E-state index < -0.39 is 114 Å². The minimum absolute atomic E-state index is 0.170. The molecule has 2 aromatic rings. The topological polar surface area (TPSA) is 292 Å². The van der Waals surface area contributed by atoms with Crippen LogP contribution in [0.1, 0.15) is 46.1 Å². The lowest BCUT2D eigenvalue weighted by Crippen LogP contribution is -2.61. The predicted octanol–water partition coefficient (Wildman–Crippen LogP) is -3.75. The number of aliphatic hydroxyl groups is 4. The van der Waals surface area contributed by atoms with Crippen molar-refractivity contribution in [2.75, 3.05) is 18.9 Å². The number of rotatable bonds is 4. The average Bonchev–Trinajstić information content (AvgIpc) is 3.69. The number of carbonyl (C=O) groups is 7. The van der Waals surface area contributed by atoms with Gasteiger partial charge in [0.25, 0.3) is 0 Å². The van der Waals surface area contributed by atoms with Gasteiger partial charge in [0.1, 0.15) is 42.3 Å². The summed E-state index contributed by atoms with van der Waals surface area (Å²) in [5, 5.41) is 58.1. The number of nitrogens with one attached hydrogen (secondary N) is 7. The van der Waals surface area contributed by atoms with Crippen molar-refractivity contribution in [3.63, 3.8) is 0 Å². The van der Waals surface area contributed by atoms with Gasteiger partial charge in [-0.05, 0) is 39.3 Å². The van der Waals surface area contributed by atoms with E-state index in [2.05, 4.69) is 36.9 Å². The van der Waals surface area contributed by atoms with Crippen LogP contribution in [0.4, 0.5) is 0 Å². The first-order valence-corrected chi connectivity index (χ1v) is 18.9. The number of hydrogen-bond acceptors (Lipinski definition) is 12. The summed E-state index contributed by atoms with van der Waals surface area (Å²) in [4.78, 5) is 101. The van der Waals surface area contributed by atoms with Gasteiger partial charge in [0.05, 0.1) is 29.4 Å². The molecule has 5 rings (SSSR count). The molecule has 2 bridgehead atoms. The van der Waals surface area contributed by atoms with Crippen LogP contribution in [0.5, 0.6) is 0 Å². The first-order valence-electron chi connectivity index (χ1n) is 17.9. The molecule has 20 heteroatoms. The Labute approximate surface area is 320 Å². The van der Waals surface area contributed by atoms with Gasteiger partial charge in [0.2, 0.25) is 41.4 Å². The Morgan fingerprint density at radius 1 is 0.855 bits per heavy atom. The molecular weight excluding hydrogens is 740 g/mol. The zero-order valence-electron chi connectivity index (χ0n) is 30.8. The fraction of sp³-hybridized carbons (Fsp3) is 0.571. The number of carbonyl (C=O) groups excluding carboxylic acids is 7. The van der Waals surface area contributed by atoms with Crippen LogP contribution in [0.15, 0.2) is 29.3 Å². The number of benzene rings is 1. The van der Waals surface area contributed by atoms with E-state index in [0.29, 0.717) is 21.5 Å². The maximum atomic E-state index is 14.3. The largest absolute Gasteiger partial charge is 0.393 e. The normalized spacial score (nSPS) is 30.8. The Kier molecular flexibility index (Phi) is 12.8. The van der Waals surface area contributed by atoms with Gasteiger partial charge in [-0.1, -0.05) is 18.2 Å². The third-order valence-corrected chi connectivity index (χ3v) is 11.0. The fourth-order valence-electron chi connectivity index (χ4n) is 6.74. The Morgan fingerprint density at radius 3 is 2.16 bits per heavy atom. The molecule has 1 aromatic carbocycles. The number of H-pyrrole nitrogens is 1. The molecule has 55 heavy (non-hydrogen) atoms. The number of thioether (sulfide) groups is 1. The van der Waals surface area contributed by atoms with Crippen LogP contribution in [-0.4, -0.2) is 151 Å². The van der Waals surface area contributed by atoms with E-state index in [4.69, 9.17) is 0 Å². The van der Waals surface area contributed by atoms with E-state index in [1.807, 2.05) is 0 Å². The Bertz CT molecular complexity index is 1840. The van der Waals surface area contributed by atoms with Gasteiger partial charge in [-0.25, -0.2) is 0 Å². The SMILES string of the molecule is C[C@@H]1NC(=O)[C@H]2C[C@@H](O)CN2C(=O)[C@H]2CSc3[nH]c4ccccc4c3C[C@@H](NC1=O)C(=O)N[C@H](C[C@](C)(O)CO)C(=O)N[C@H](C)C(=O)N[C@@H]([C@H](C)O)C(=O)N2. The molecule has 0 saturated carbocycles. The summed E-state index contributed by atoms with van der Waals surface area (Å²) in [5.74, 6) is -6.26. The van der Waals surface area contributed by atoms with E-state index in [1.54, 1.807) is 24.3 Å². The third kappa shape index (κ3) is 9.55. The van der Waals surface area contributed by atoms with Crippen molar-refractivity contribution in [3.8, 4) is 0 Å². The summed E-state index contributed by atoms with van der Waals surface area (Å²) in [6.07, 6.45) is -3.53. The number of nitrogens with zero attached hydrogens (tertiary/aromatic N) is 1. The molecule has 0 aliphatic carbocycles.